The molecule has 1 atom stereocenters. The summed E-state index contributed by atoms with van der Waals surface area (Å²) in [7, 11) is 1.68. The van der Waals surface area contributed by atoms with E-state index in [1.165, 1.54) is 24.3 Å². The van der Waals surface area contributed by atoms with Crippen molar-refractivity contribution >= 4 is 11.9 Å². The van der Waals surface area contributed by atoms with E-state index in [4.69, 9.17) is 5.11 Å². The summed E-state index contributed by atoms with van der Waals surface area (Å²) in [4.78, 5) is 25.8. The molecule has 7 heteroatoms. The van der Waals surface area contributed by atoms with E-state index in [0.717, 1.165) is 37.8 Å². The van der Waals surface area contributed by atoms with Gasteiger partial charge in [0.2, 0.25) is 5.95 Å². The van der Waals surface area contributed by atoms with E-state index >= 15 is 0 Å². The minimum absolute atomic E-state index is 0.0943. The summed E-state index contributed by atoms with van der Waals surface area (Å²) in [5.41, 5.74) is 1.08. The van der Waals surface area contributed by atoms with Gasteiger partial charge in [-0.1, -0.05) is 0 Å². The molecule has 3 heterocycles. The third-order valence-electron chi connectivity index (χ3n) is 4.48. The van der Waals surface area contributed by atoms with Crippen molar-refractivity contribution in [1.29, 1.82) is 0 Å². The first-order chi connectivity index (χ1) is 10.6. The predicted octanol–water partition coefficient (Wildman–Crippen LogP) is 0.277. The van der Waals surface area contributed by atoms with Gasteiger partial charge in [0.1, 0.15) is 6.54 Å². The molecule has 1 aromatic rings. The highest BCUT2D eigenvalue weighted by Crippen LogP contribution is 2.22. The minimum atomic E-state index is -0.885. The van der Waals surface area contributed by atoms with Crippen LogP contribution < -0.4 is 4.90 Å². The number of carboxylic acids is 1. The molecule has 0 aliphatic carbocycles. The summed E-state index contributed by atoms with van der Waals surface area (Å²) >= 11 is 0. The van der Waals surface area contributed by atoms with E-state index in [0.29, 0.717) is 5.95 Å². The van der Waals surface area contributed by atoms with Crippen LogP contribution in [-0.2, 0) is 11.3 Å². The quantitative estimate of drug-likeness (QED) is 0.837. The monoisotopic (exact) mass is 305 g/mol. The Labute approximate surface area is 130 Å². The molecule has 0 bridgehead atoms. The van der Waals surface area contributed by atoms with E-state index in [1.54, 1.807) is 7.05 Å². The minimum Gasteiger partial charge on any atom is -0.480 e. The highest BCUT2D eigenvalue weighted by atomic mass is 16.4. The van der Waals surface area contributed by atoms with Crippen LogP contribution in [0.4, 0.5) is 5.95 Å². The summed E-state index contributed by atoms with van der Waals surface area (Å²) in [6.45, 7) is 5.41. The number of hydrogen-bond donors (Lipinski definition) is 1. The Hall–Kier alpha value is -1.73. The number of anilines is 1. The number of carbonyl (C=O) groups is 1. The molecular weight excluding hydrogens is 282 g/mol. The lowest BCUT2D eigenvalue weighted by atomic mass is 10.1. The molecule has 2 aliphatic rings. The molecule has 0 aromatic carbocycles. The van der Waals surface area contributed by atoms with E-state index in [2.05, 4.69) is 19.8 Å². The van der Waals surface area contributed by atoms with Crippen molar-refractivity contribution in [2.45, 2.75) is 25.4 Å². The number of carboxylic acid groups (broad SMARTS) is 1. The number of aliphatic carboxylic acids is 1. The van der Waals surface area contributed by atoms with Crippen LogP contribution in [0.3, 0.4) is 0 Å². The topological polar surface area (TPSA) is 72.8 Å². The maximum absolute atomic E-state index is 10.7. The van der Waals surface area contributed by atoms with Crippen LogP contribution in [0.15, 0.2) is 12.4 Å². The molecule has 0 radical (unpaired) electrons. The maximum atomic E-state index is 10.7. The van der Waals surface area contributed by atoms with Gasteiger partial charge >= 0.3 is 5.97 Å². The lowest BCUT2D eigenvalue weighted by Gasteiger charge is -2.37. The third kappa shape index (κ3) is 3.53. The zero-order chi connectivity index (χ0) is 15.5. The number of piperazine rings is 1. The molecule has 22 heavy (non-hydrogen) atoms. The van der Waals surface area contributed by atoms with E-state index < -0.39 is 5.97 Å². The van der Waals surface area contributed by atoms with E-state index in [1.807, 2.05) is 12.4 Å². The van der Waals surface area contributed by atoms with Crippen LogP contribution >= 0.6 is 0 Å². The second-order valence-electron chi connectivity index (χ2n) is 6.21. The molecule has 1 aromatic heterocycles. The van der Waals surface area contributed by atoms with Gasteiger partial charge in [-0.25, -0.2) is 9.97 Å². The van der Waals surface area contributed by atoms with E-state index in [-0.39, 0.29) is 6.54 Å². The SMILES string of the molecule is CN(CC(=O)O)c1ncc(CN2CCN3CCCC3C2)cn1. The molecule has 2 saturated heterocycles. The van der Waals surface area contributed by atoms with Gasteiger partial charge < -0.3 is 10.0 Å². The number of fused-ring (bicyclic) bond motifs is 1. The molecule has 1 N–H and O–H groups in total. The summed E-state index contributed by atoms with van der Waals surface area (Å²) in [6, 6.07) is 0.718. The Morgan fingerprint density at radius 3 is 2.86 bits per heavy atom. The maximum Gasteiger partial charge on any atom is 0.323 e. The molecule has 0 saturated carbocycles. The van der Waals surface area contributed by atoms with Crippen LogP contribution in [0.25, 0.3) is 0 Å². The zero-order valence-corrected chi connectivity index (χ0v) is 13.0. The first kappa shape index (κ1) is 15.2. The van der Waals surface area contributed by atoms with Crippen LogP contribution in [-0.4, -0.2) is 76.7 Å². The van der Waals surface area contributed by atoms with Gasteiger partial charge in [-0.2, -0.15) is 0 Å². The molecule has 7 nitrogen and oxygen atoms in total. The summed E-state index contributed by atoms with van der Waals surface area (Å²) < 4.78 is 0. The largest absolute Gasteiger partial charge is 0.480 e. The standard InChI is InChI=1S/C15H23N5O2/c1-18(11-14(21)22)15-16-7-12(8-17-15)9-19-5-6-20-4-2-3-13(20)10-19/h7-8,13H,2-6,9-11H2,1H3,(H,21,22). The van der Waals surface area contributed by atoms with Gasteiger partial charge in [0.05, 0.1) is 0 Å². The van der Waals surface area contributed by atoms with Crippen LogP contribution in [0.1, 0.15) is 18.4 Å². The number of likely N-dealkylation sites (N-methyl/N-ethyl adjacent to an activating group) is 1. The smallest absolute Gasteiger partial charge is 0.323 e. The fraction of sp³-hybridized carbons (Fsp3) is 0.667. The molecule has 3 rings (SSSR count). The van der Waals surface area contributed by atoms with Crippen LogP contribution in [0.5, 0.6) is 0 Å². The highest BCUT2D eigenvalue weighted by Gasteiger charge is 2.30. The second-order valence-corrected chi connectivity index (χ2v) is 6.21. The molecule has 2 aliphatic heterocycles. The Kier molecular flexibility index (Phi) is 4.54. The fourth-order valence-electron chi connectivity index (χ4n) is 3.36. The Morgan fingerprint density at radius 1 is 1.36 bits per heavy atom. The van der Waals surface area contributed by atoms with Crippen LogP contribution in [0, 0.1) is 0 Å². The van der Waals surface area contributed by atoms with Crippen molar-refractivity contribution < 1.29 is 9.90 Å². The Bertz CT molecular complexity index is 521. The predicted molar refractivity (Wildman–Crippen MR) is 82.8 cm³/mol. The van der Waals surface area contributed by atoms with Gasteiger partial charge in [-0.05, 0) is 19.4 Å². The third-order valence-corrected chi connectivity index (χ3v) is 4.48. The van der Waals surface area contributed by atoms with Gasteiger partial charge in [0.15, 0.2) is 0 Å². The van der Waals surface area contributed by atoms with Crippen molar-refractivity contribution in [2.24, 2.45) is 0 Å². The van der Waals surface area contributed by atoms with Gasteiger partial charge in [-0.15, -0.1) is 0 Å². The first-order valence-electron chi connectivity index (χ1n) is 7.82. The Balaban J connectivity index is 1.56. The Morgan fingerprint density at radius 2 is 2.14 bits per heavy atom. The van der Waals surface area contributed by atoms with Gasteiger partial charge in [0.25, 0.3) is 0 Å². The molecule has 0 spiro atoms. The zero-order valence-electron chi connectivity index (χ0n) is 13.0. The fourth-order valence-corrected chi connectivity index (χ4v) is 3.36. The van der Waals surface area contributed by atoms with Gasteiger partial charge in [-0.3, -0.25) is 14.6 Å². The number of aromatic nitrogens is 2. The summed E-state index contributed by atoms with van der Waals surface area (Å²) in [5, 5.41) is 8.78. The highest BCUT2D eigenvalue weighted by molar-refractivity contribution is 5.72. The normalized spacial score (nSPS) is 22.5. The molecule has 1 unspecified atom stereocenters. The molecule has 0 amide bonds. The number of nitrogens with zero attached hydrogens (tertiary/aromatic N) is 5. The summed E-state index contributed by atoms with van der Waals surface area (Å²) in [5.74, 6) is -0.434. The van der Waals surface area contributed by atoms with Crippen molar-refractivity contribution in [3.8, 4) is 0 Å². The number of hydrogen-bond acceptors (Lipinski definition) is 6. The molecular formula is C15H23N5O2. The average Bonchev–Trinajstić information content (AvgIpc) is 2.95. The van der Waals surface area contributed by atoms with E-state index in [9.17, 15) is 4.79 Å². The summed E-state index contributed by atoms with van der Waals surface area (Å²) in [6.07, 6.45) is 6.25. The van der Waals surface area contributed by atoms with Crippen LogP contribution in [0.2, 0.25) is 0 Å². The average molecular weight is 305 g/mol. The molecule has 120 valence electrons. The lowest BCUT2D eigenvalue weighted by molar-refractivity contribution is -0.135. The van der Waals surface area contributed by atoms with Crippen molar-refractivity contribution in [3.05, 3.63) is 18.0 Å². The second kappa shape index (κ2) is 6.58. The molecule has 2 fully saturated rings. The van der Waals surface area contributed by atoms with Crippen molar-refractivity contribution in [1.82, 2.24) is 19.8 Å². The van der Waals surface area contributed by atoms with Crippen molar-refractivity contribution in [2.75, 3.05) is 44.7 Å². The van der Waals surface area contributed by atoms with Crippen molar-refractivity contribution in [3.63, 3.8) is 0 Å². The lowest BCUT2D eigenvalue weighted by Crippen LogP contribution is -2.49. The first-order valence-corrected chi connectivity index (χ1v) is 7.82. The number of rotatable bonds is 5. The van der Waals surface area contributed by atoms with Gasteiger partial charge in [0, 0.05) is 57.2 Å².